The molecule has 0 bridgehead atoms. The van der Waals surface area contributed by atoms with Crippen molar-refractivity contribution in [2.24, 2.45) is 5.92 Å². The van der Waals surface area contributed by atoms with Crippen molar-refractivity contribution in [3.05, 3.63) is 152 Å². The predicted molar refractivity (Wildman–Crippen MR) is 237 cm³/mol. The molecule has 0 spiro atoms. The van der Waals surface area contributed by atoms with Gasteiger partial charge in [-0.3, -0.25) is 6.08 Å². The normalized spacial score (nSPS) is 15.0. The Morgan fingerprint density at radius 1 is 0.607 bits per heavy atom. The van der Waals surface area contributed by atoms with Crippen LogP contribution in [0.3, 0.4) is 0 Å². The van der Waals surface area contributed by atoms with E-state index < -0.39 is 8.07 Å². The Morgan fingerprint density at radius 2 is 1.02 bits per heavy atom. The third-order valence-electron chi connectivity index (χ3n) is 10.7. The van der Waals surface area contributed by atoms with Crippen molar-refractivity contribution in [3.63, 3.8) is 0 Å². The van der Waals surface area contributed by atoms with E-state index in [1.165, 1.54) is 88.6 Å². The summed E-state index contributed by atoms with van der Waals surface area (Å²) in [6, 6.07) is 33.2. The van der Waals surface area contributed by atoms with E-state index >= 15 is 0 Å². The van der Waals surface area contributed by atoms with Crippen LogP contribution in [0.25, 0.3) is 11.1 Å². The van der Waals surface area contributed by atoms with Gasteiger partial charge in [0, 0.05) is 0 Å². The quantitative estimate of drug-likeness (QED) is 0.127. The van der Waals surface area contributed by atoms with E-state index in [0.29, 0.717) is 5.92 Å². The molecule has 0 saturated carbocycles. The molecule has 56 heavy (non-hydrogen) atoms. The molecule has 2 aliphatic rings. The number of rotatable bonds is 3. The number of hydrogen-bond acceptors (Lipinski definition) is 0. The third-order valence-corrected chi connectivity index (χ3v) is 14.3. The monoisotopic (exact) mass is 880 g/mol. The summed E-state index contributed by atoms with van der Waals surface area (Å²) in [5, 5.41) is 1.60. The summed E-state index contributed by atoms with van der Waals surface area (Å²) in [7, 11) is -1.07. The Hall–Kier alpha value is -2.09. The summed E-state index contributed by atoms with van der Waals surface area (Å²) < 4.78 is 1.42. The number of hydrogen-bond donors (Lipinski definition) is 0. The number of allylic oxidation sites excluding steroid dienone is 4. The van der Waals surface area contributed by atoms with Crippen molar-refractivity contribution in [1.29, 1.82) is 0 Å². The summed E-state index contributed by atoms with van der Waals surface area (Å²) >= 11 is 1.46. The number of fused-ring (bicyclic) bond motifs is 3. The smallest absolute Gasteiger partial charge is 0.0112 e. The van der Waals surface area contributed by atoms with Crippen molar-refractivity contribution in [2.75, 3.05) is 0 Å². The van der Waals surface area contributed by atoms with Crippen LogP contribution in [0.2, 0.25) is 19.6 Å². The van der Waals surface area contributed by atoms with Crippen LogP contribution >= 0.6 is 0 Å². The minimum atomic E-state index is -1.07. The maximum absolute atomic E-state index is 3.53. The average Bonchev–Trinajstić information content (AvgIpc) is 3.61. The maximum atomic E-state index is 3.53. The Balaban J connectivity index is 0.000000300. The zero-order valence-corrected chi connectivity index (χ0v) is 42.6. The van der Waals surface area contributed by atoms with Crippen LogP contribution < -0.4 is 24.8 Å². The van der Waals surface area contributed by atoms with Crippen LogP contribution in [0.1, 0.15) is 141 Å². The molecule has 4 aromatic carbocycles. The van der Waals surface area contributed by atoms with Crippen molar-refractivity contribution in [1.82, 2.24) is 0 Å². The Kier molecular flexibility index (Phi) is 16.9. The minimum absolute atomic E-state index is 0. The second-order valence-corrected chi connectivity index (χ2v) is 27.0. The fraction of sp³-hybridized carbons (Fsp3) is 0.442. The molecule has 0 nitrogen and oxygen atoms in total. The molecule has 0 fully saturated rings. The van der Waals surface area contributed by atoms with Crippen LogP contribution in [-0.2, 0) is 52.3 Å². The van der Waals surface area contributed by atoms with Gasteiger partial charge in [0.05, 0.1) is 0 Å². The third kappa shape index (κ3) is 13.0. The maximum Gasteiger partial charge on any atom is -0.0112 e. The van der Waals surface area contributed by atoms with E-state index in [4.69, 9.17) is 0 Å². The molecule has 0 N–H and O–H groups in total. The Morgan fingerprint density at radius 3 is 1.38 bits per heavy atom. The van der Waals surface area contributed by atoms with Crippen LogP contribution in [0.4, 0.5) is 0 Å². The topological polar surface area (TPSA) is 0 Å². The van der Waals surface area contributed by atoms with E-state index in [1.807, 2.05) is 0 Å². The van der Waals surface area contributed by atoms with Gasteiger partial charge in [0.1, 0.15) is 0 Å². The molecule has 0 radical (unpaired) electrons. The molecule has 1 atom stereocenters. The minimum Gasteiger partial charge on any atom is -1.00 e. The molecule has 0 saturated heterocycles. The summed E-state index contributed by atoms with van der Waals surface area (Å²) in [6.45, 7) is 38.8. The summed E-state index contributed by atoms with van der Waals surface area (Å²) in [5.74, 6) is 0.553. The molecule has 4 aromatic rings. The molecule has 4 heteroatoms. The summed E-state index contributed by atoms with van der Waals surface area (Å²) in [4.78, 5) is 0. The van der Waals surface area contributed by atoms with Gasteiger partial charge in [-0.15, -0.1) is 5.56 Å². The van der Waals surface area contributed by atoms with E-state index in [0.717, 1.165) is 6.42 Å². The molecule has 1 unspecified atom stereocenters. The Labute approximate surface area is 371 Å². The first kappa shape index (κ1) is 50.1. The number of halogens is 2. The first-order chi connectivity index (χ1) is 24.7. The standard InChI is InChI=1S/C21H25.C21H26.C10H17Si.2ClH.Zr/c1-20(2,3)16-9-7-14-11-15-8-10-17(21(4,5)6)13-19(15)18(14)12-16;1-20(2,3)18-11-7-16(8-12-18)15-17-9-13-19(14-10-17)21(4,5)6;1-8-6-9(2)10(7-8)11(3,4)5;;;/h7,9-10,12-13H,11H2,1-6H3;7-14H,1-6H3;7-8H,1-5H3;2*1H;/q-1;;-1;;;+2/p-2. The number of benzene rings is 4. The zero-order valence-electron chi connectivity index (χ0n) is 37.6. The second-order valence-electron chi connectivity index (χ2n) is 20.7. The fourth-order valence-electron chi connectivity index (χ4n) is 7.07. The van der Waals surface area contributed by atoms with E-state index in [9.17, 15) is 0 Å². The molecule has 0 aliphatic heterocycles. The van der Waals surface area contributed by atoms with E-state index in [2.05, 4.69) is 214 Å². The van der Waals surface area contributed by atoms with Crippen LogP contribution in [0.15, 0.2) is 95.7 Å². The van der Waals surface area contributed by atoms with E-state index in [1.54, 1.807) is 5.20 Å². The molecule has 2 aliphatic carbocycles. The fourth-order valence-corrected chi connectivity index (χ4v) is 9.84. The molecular weight excluding hydrogens is 815 g/mol. The van der Waals surface area contributed by atoms with Gasteiger partial charge in [-0.1, -0.05) is 116 Å². The SMILES string of the molecule is CC(C)(C)c1c[c-]c2c(c1)-c1cc(C(C)(C)C)ccc1C2.CC(C)(C)c1ccc([C](=[Zr+2])c2ccc(C(C)(C)C)cc2)cc1.CC1=[C-]C(C)C=C1[Si](C)(C)C.[Cl-].[Cl-]. The van der Waals surface area contributed by atoms with Gasteiger partial charge in [-0.2, -0.15) is 35.4 Å². The molecule has 300 valence electrons. The van der Waals surface area contributed by atoms with Gasteiger partial charge in [0.25, 0.3) is 0 Å². The average molecular weight is 883 g/mol. The molecule has 0 heterocycles. The van der Waals surface area contributed by atoms with Crippen LogP contribution in [0, 0.1) is 18.1 Å². The summed E-state index contributed by atoms with van der Waals surface area (Å²) in [6.07, 6.45) is 6.84. The Bertz CT molecular complexity index is 1890. The van der Waals surface area contributed by atoms with Crippen LogP contribution in [-0.4, -0.2) is 11.3 Å². The largest absolute Gasteiger partial charge is 1.00 e. The van der Waals surface area contributed by atoms with Gasteiger partial charge in [-0.25, -0.2) is 10.8 Å². The van der Waals surface area contributed by atoms with Crippen molar-refractivity contribution >= 4 is 11.3 Å². The van der Waals surface area contributed by atoms with Gasteiger partial charge >= 0.3 is 151 Å². The predicted octanol–water partition coefficient (Wildman–Crippen LogP) is 8.25. The van der Waals surface area contributed by atoms with Crippen LogP contribution in [0.5, 0.6) is 0 Å². The molecule has 0 amide bonds. The molecular formula is C52H68Cl2SiZr-2. The van der Waals surface area contributed by atoms with Gasteiger partial charge < -0.3 is 24.8 Å². The summed E-state index contributed by atoms with van der Waals surface area (Å²) in [5.41, 5.74) is 16.1. The van der Waals surface area contributed by atoms with Crippen molar-refractivity contribution < 1.29 is 49.0 Å². The van der Waals surface area contributed by atoms with Gasteiger partial charge in [-0.05, 0) is 25.5 Å². The van der Waals surface area contributed by atoms with Crippen molar-refractivity contribution in [3.8, 4) is 11.1 Å². The second kappa shape index (κ2) is 18.9. The zero-order chi connectivity index (χ0) is 40.6. The molecule has 0 aromatic heterocycles. The first-order valence-corrected chi connectivity index (χ1v) is 24.7. The van der Waals surface area contributed by atoms with Gasteiger partial charge in [0.15, 0.2) is 0 Å². The molecule has 6 rings (SSSR count). The first-order valence-electron chi connectivity index (χ1n) is 20.0. The van der Waals surface area contributed by atoms with Crippen molar-refractivity contribution in [2.45, 2.75) is 145 Å². The van der Waals surface area contributed by atoms with Gasteiger partial charge in [0.2, 0.25) is 0 Å². The van der Waals surface area contributed by atoms with E-state index in [-0.39, 0.29) is 46.5 Å².